The fourth-order valence-electron chi connectivity index (χ4n) is 2.06. The first kappa shape index (κ1) is 18.1. The Bertz CT molecular complexity index is 814. The number of thioether (sulfide) groups is 1. The molecule has 3 rings (SSSR count). The number of fused-ring (bicyclic) bond motifs is 1. The van der Waals surface area contributed by atoms with Crippen molar-refractivity contribution in [1.82, 2.24) is 5.43 Å². The summed E-state index contributed by atoms with van der Waals surface area (Å²) in [5.41, 5.74) is 3.33. The Hall–Kier alpha value is -1.70. The van der Waals surface area contributed by atoms with Gasteiger partial charge in [-0.15, -0.1) is 11.8 Å². The number of halogens is 2. The van der Waals surface area contributed by atoms with Crippen molar-refractivity contribution in [2.75, 3.05) is 6.79 Å². The van der Waals surface area contributed by atoms with Crippen LogP contribution in [0.3, 0.4) is 0 Å². The van der Waals surface area contributed by atoms with Crippen LogP contribution >= 0.6 is 39.3 Å². The quantitative estimate of drug-likeness (QED) is 0.423. The minimum absolute atomic E-state index is 0.187. The summed E-state index contributed by atoms with van der Waals surface area (Å²) in [5.74, 6) is 1.15. The van der Waals surface area contributed by atoms with E-state index in [4.69, 9.17) is 21.1 Å². The van der Waals surface area contributed by atoms with Crippen molar-refractivity contribution in [3.63, 3.8) is 0 Å². The third-order valence-corrected chi connectivity index (χ3v) is 5.42. The van der Waals surface area contributed by atoms with Gasteiger partial charge in [0.25, 0.3) is 5.91 Å². The SMILES string of the molecule is C[C@H](Sc1ccc(Cl)cc1)C(=O)N/N=C\c1cc2c(cc1Br)OCO2. The molecule has 130 valence electrons. The molecule has 1 aliphatic heterocycles. The summed E-state index contributed by atoms with van der Waals surface area (Å²) >= 11 is 10.7. The molecule has 5 nitrogen and oxygen atoms in total. The van der Waals surface area contributed by atoms with Gasteiger partial charge in [-0.2, -0.15) is 5.10 Å². The molecule has 0 spiro atoms. The Kier molecular flexibility index (Phi) is 5.88. The number of nitrogens with one attached hydrogen (secondary N) is 1. The van der Waals surface area contributed by atoms with Gasteiger partial charge >= 0.3 is 0 Å². The van der Waals surface area contributed by atoms with Crippen molar-refractivity contribution in [3.8, 4) is 11.5 Å². The van der Waals surface area contributed by atoms with Gasteiger partial charge in [-0.3, -0.25) is 4.79 Å². The lowest BCUT2D eigenvalue weighted by Crippen LogP contribution is -2.26. The van der Waals surface area contributed by atoms with Gasteiger partial charge < -0.3 is 9.47 Å². The minimum Gasteiger partial charge on any atom is -0.454 e. The van der Waals surface area contributed by atoms with E-state index >= 15 is 0 Å². The Labute approximate surface area is 162 Å². The maximum absolute atomic E-state index is 12.1. The van der Waals surface area contributed by atoms with Gasteiger partial charge in [-0.05, 0) is 59.3 Å². The zero-order chi connectivity index (χ0) is 17.8. The number of carbonyl (C=O) groups is 1. The van der Waals surface area contributed by atoms with E-state index in [2.05, 4.69) is 26.5 Å². The molecule has 1 atom stereocenters. The van der Waals surface area contributed by atoms with Crippen LogP contribution in [0.25, 0.3) is 0 Å². The molecule has 0 fully saturated rings. The van der Waals surface area contributed by atoms with E-state index in [0.29, 0.717) is 16.5 Å². The van der Waals surface area contributed by atoms with E-state index in [9.17, 15) is 4.79 Å². The Morgan fingerprint density at radius 1 is 1.32 bits per heavy atom. The van der Waals surface area contributed by atoms with Gasteiger partial charge in [0.15, 0.2) is 11.5 Å². The highest BCUT2D eigenvalue weighted by Gasteiger charge is 2.16. The van der Waals surface area contributed by atoms with Crippen molar-refractivity contribution in [3.05, 3.63) is 51.5 Å². The Balaban J connectivity index is 1.58. The molecule has 1 amide bonds. The van der Waals surface area contributed by atoms with Crippen LogP contribution in [0.1, 0.15) is 12.5 Å². The van der Waals surface area contributed by atoms with Crippen molar-refractivity contribution in [2.45, 2.75) is 17.1 Å². The number of hydrogen-bond donors (Lipinski definition) is 1. The lowest BCUT2D eigenvalue weighted by molar-refractivity contribution is -0.120. The molecule has 1 N–H and O–H groups in total. The van der Waals surface area contributed by atoms with Gasteiger partial charge in [-0.25, -0.2) is 5.43 Å². The highest BCUT2D eigenvalue weighted by Crippen LogP contribution is 2.36. The number of amides is 1. The number of rotatable bonds is 5. The monoisotopic (exact) mass is 440 g/mol. The second-order valence-corrected chi connectivity index (χ2v) is 7.88. The molecule has 0 aliphatic carbocycles. The van der Waals surface area contributed by atoms with E-state index in [0.717, 1.165) is 14.9 Å². The predicted octanol–water partition coefficient (Wildman–Crippen LogP) is 4.46. The highest BCUT2D eigenvalue weighted by molar-refractivity contribution is 9.10. The standard InChI is InChI=1S/C17H14BrClN2O3S/c1-10(25-13-4-2-12(19)3-5-13)17(22)21-20-8-11-6-15-16(7-14(11)18)24-9-23-15/h2-8,10H,9H2,1H3,(H,21,22)/b20-8-/t10-/m0/s1. The Morgan fingerprint density at radius 3 is 2.72 bits per heavy atom. The van der Waals surface area contributed by atoms with E-state index in [1.807, 2.05) is 25.1 Å². The molecule has 0 radical (unpaired) electrons. The number of benzene rings is 2. The molecule has 25 heavy (non-hydrogen) atoms. The smallest absolute Gasteiger partial charge is 0.253 e. The van der Waals surface area contributed by atoms with Crippen LogP contribution in [0.2, 0.25) is 5.02 Å². The first-order valence-electron chi connectivity index (χ1n) is 7.37. The van der Waals surface area contributed by atoms with Crippen LogP contribution in [-0.4, -0.2) is 24.2 Å². The third kappa shape index (κ3) is 4.68. The normalized spacial score (nSPS) is 13.9. The fraction of sp³-hybridized carbons (Fsp3) is 0.176. The molecule has 2 aromatic carbocycles. The van der Waals surface area contributed by atoms with Crippen molar-refractivity contribution >= 4 is 51.4 Å². The average molecular weight is 442 g/mol. The average Bonchev–Trinajstić information content (AvgIpc) is 3.04. The van der Waals surface area contributed by atoms with Crippen LogP contribution in [0.4, 0.5) is 0 Å². The third-order valence-electron chi connectivity index (χ3n) is 3.37. The Morgan fingerprint density at radius 2 is 2.00 bits per heavy atom. The zero-order valence-corrected chi connectivity index (χ0v) is 16.3. The zero-order valence-electron chi connectivity index (χ0n) is 13.2. The summed E-state index contributed by atoms with van der Waals surface area (Å²) in [6, 6.07) is 11.0. The molecule has 0 unspecified atom stereocenters. The number of ether oxygens (including phenoxy) is 2. The summed E-state index contributed by atoms with van der Waals surface area (Å²) in [6.07, 6.45) is 1.56. The number of hydrogen-bond acceptors (Lipinski definition) is 5. The molecule has 1 aliphatic rings. The van der Waals surface area contributed by atoms with Crippen LogP contribution in [0, 0.1) is 0 Å². The molecule has 1 heterocycles. The number of carbonyl (C=O) groups excluding carboxylic acids is 1. The van der Waals surface area contributed by atoms with E-state index in [1.165, 1.54) is 11.8 Å². The topological polar surface area (TPSA) is 59.9 Å². The largest absolute Gasteiger partial charge is 0.454 e. The summed E-state index contributed by atoms with van der Waals surface area (Å²) in [5, 5.41) is 4.39. The number of nitrogens with zero attached hydrogens (tertiary/aromatic N) is 1. The lowest BCUT2D eigenvalue weighted by Gasteiger charge is -2.09. The first-order valence-corrected chi connectivity index (χ1v) is 9.42. The van der Waals surface area contributed by atoms with Crippen LogP contribution in [0.5, 0.6) is 11.5 Å². The van der Waals surface area contributed by atoms with Crippen LogP contribution in [0.15, 0.2) is 50.9 Å². The maximum Gasteiger partial charge on any atom is 0.253 e. The van der Waals surface area contributed by atoms with Crippen LogP contribution in [-0.2, 0) is 4.79 Å². The summed E-state index contributed by atoms with van der Waals surface area (Å²) in [7, 11) is 0. The van der Waals surface area contributed by atoms with Gasteiger partial charge in [-0.1, -0.05) is 11.6 Å². The molecule has 8 heteroatoms. The molecule has 0 saturated heterocycles. The van der Waals surface area contributed by atoms with Crippen molar-refractivity contribution in [1.29, 1.82) is 0 Å². The molecule has 2 aromatic rings. The van der Waals surface area contributed by atoms with E-state index in [1.54, 1.807) is 24.4 Å². The first-order chi connectivity index (χ1) is 12.0. The second-order valence-electron chi connectivity index (χ2n) is 5.18. The summed E-state index contributed by atoms with van der Waals surface area (Å²) in [4.78, 5) is 13.1. The molecule has 0 saturated carbocycles. The summed E-state index contributed by atoms with van der Waals surface area (Å²) < 4.78 is 11.4. The van der Waals surface area contributed by atoms with E-state index in [-0.39, 0.29) is 18.0 Å². The molecular weight excluding hydrogens is 428 g/mol. The molecule has 0 aromatic heterocycles. The molecule has 0 bridgehead atoms. The lowest BCUT2D eigenvalue weighted by atomic mass is 10.2. The number of hydrazone groups is 1. The fourth-order valence-corrected chi connectivity index (χ4v) is 3.47. The van der Waals surface area contributed by atoms with Crippen molar-refractivity contribution in [2.24, 2.45) is 5.10 Å². The van der Waals surface area contributed by atoms with Crippen LogP contribution < -0.4 is 14.9 Å². The summed E-state index contributed by atoms with van der Waals surface area (Å²) in [6.45, 7) is 2.03. The van der Waals surface area contributed by atoms with Crippen molar-refractivity contribution < 1.29 is 14.3 Å². The second kappa shape index (κ2) is 8.12. The molecular formula is C17H14BrClN2O3S. The maximum atomic E-state index is 12.1. The predicted molar refractivity (Wildman–Crippen MR) is 103 cm³/mol. The van der Waals surface area contributed by atoms with Gasteiger partial charge in [0, 0.05) is 20.0 Å². The van der Waals surface area contributed by atoms with Gasteiger partial charge in [0.2, 0.25) is 6.79 Å². The minimum atomic E-state index is -0.293. The van der Waals surface area contributed by atoms with Gasteiger partial charge in [0.05, 0.1) is 11.5 Å². The van der Waals surface area contributed by atoms with Gasteiger partial charge in [0.1, 0.15) is 0 Å². The van der Waals surface area contributed by atoms with E-state index < -0.39 is 0 Å². The highest BCUT2D eigenvalue weighted by atomic mass is 79.9.